The number of alkyl halides is 3. The first-order chi connectivity index (χ1) is 8.38. The molecule has 0 unspecified atom stereocenters. The number of hydrogen-bond acceptors (Lipinski definition) is 2. The van der Waals surface area contributed by atoms with Crippen LogP contribution in [0, 0.1) is 5.92 Å². The highest BCUT2D eigenvalue weighted by Crippen LogP contribution is 2.50. The van der Waals surface area contributed by atoms with Crippen LogP contribution in [0.2, 0.25) is 0 Å². The molecule has 0 heterocycles. The van der Waals surface area contributed by atoms with E-state index in [2.05, 4.69) is 0 Å². The fraction of sp³-hybridized carbons (Fsp3) is 0.417. The first-order valence-electron chi connectivity index (χ1n) is 5.40. The van der Waals surface area contributed by atoms with E-state index in [4.69, 9.17) is 9.84 Å². The highest BCUT2D eigenvalue weighted by atomic mass is 19.4. The molecule has 98 valence electrons. The van der Waals surface area contributed by atoms with Gasteiger partial charge in [0.15, 0.2) is 6.61 Å². The van der Waals surface area contributed by atoms with Crippen LogP contribution in [-0.2, 0) is 4.79 Å². The van der Waals surface area contributed by atoms with Crippen molar-refractivity contribution in [2.75, 3.05) is 6.61 Å². The van der Waals surface area contributed by atoms with E-state index in [1.54, 1.807) is 18.2 Å². The molecular weight excluding hydrogens is 249 g/mol. The van der Waals surface area contributed by atoms with Gasteiger partial charge in [-0.25, -0.2) is 0 Å². The minimum Gasteiger partial charge on any atom is -0.484 e. The Kier molecular flexibility index (Phi) is 3.19. The monoisotopic (exact) mass is 260 g/mol. The summed E-state index contributed by atoms with van der Waals surface area (Å²) in [5.74, 6) is -1.57. The molecule has 3 nitrogen and oxygen atoms in total. The highest BCUT2D eigenvalue weighted by Gasteiger charge is 2.45. The van der Waals surface area contributed by atoms with Gasteiger partial charge in [0.2, 0.25) is 0 Å². The molecule has 2 rings (SSSR count). The molecule has 1 N–H and O–H groups in total. The van der Waals surface area contributed by atoms with Crippen LogP contribution in [0.5, 0.6) is 5.75 Å². The summed E-state index contributed by atoms with van der Waals surface area (Å²) in [7, 11) is 0. The zero-order valence-electron chi connectivity index (χ0n) is 9.28. The van der Waals surface area contributed by atoms with Gasteiger partial charge in [0.1, 0.15) is 5.75 Å². The largest absolute Gasteiger partial charge is 0.484 e. The summed E-state index contributed by atoms with van der Waals surface area (Å²) in [5, 5.41) is 8.81. The summed E-state index contributed by atoms with van der Waals surface area (Å²) >= 11 is 0. The summed E-state index contributed by atoms with van der Waals surface area (Å²) in [6.07, 6.45) is -3.95. The molecule has 0 bridgehead atoms. The van der Waals surface area contributed by atoms with E-state index in [1.807, 2.05) is 0 Å². The Morgan fingerprint density at radius 2 is 2.06 bits per heavy atom. The van der Waals surface area contributed by atoms with Gasteiger partial charge < -0.3 is 9.84 Å². The number of carbonyl (C=O) groups is 1. The normalized spacial score (nSPS) is 22.6. The van der Waals surface area contributed by atoms with Crippen LogP contribution >= 0.6 is 0 Å². The van der Waals surface area contributed by atoms with Crippen molar-refractivity contribution in [3.8, 4) is 5.75 Å². The molecule has 1 fully saturated rings. The molecule has 0 aromatic heterocycles. The third kappa shape index (κ3) is 2.94. The van der Waals surface area contributed by atoms with Gasteiger partial charge >= 0.3 is 12.1 Å². The first kappa shape index (κ1) is 12.7. The van der Waals surface area contributed by atoms with Crippen LogP contribution in [0.4, 0.5) is 13.2 Å². The number of rotatable bonds is 4. The van der Waals surface area contributed by atoms with Crippen molar-refractivity contribution in [3.05, 3.63) is 29.8 Å². The Morgan fingerprint density at radius 1 is 1.39 bits per heavy atom. The van der Waals surface area contributed by atoms with Gasteiger partial charge in [-0.1, -0.05) is 18.2 Å². The summed E-state index contributed by atoms with van der Waals surface area (Å²) in [6, 6.07) is 6.26. The molecule has 6 heteroatoms. The first-order valence-corrected chi connectivity index (χ1v) is 5.40. The van der Waals surface area contributed by atoms with Gasteiger partial charge in [0.25, 0.3) is 0 Å². The Balaban J connectivity index is 2.10. The van der Waals surface area contributed by atoms with Crippen molar-refractivity contribution in [2.24, 2.45) is 5.92 Å². The number of ether oxygens (including phenoxy) is 1. The Morgan fingerprint density at radius 3 is 2.61 bits per heavy atom. The predicted octanol–water partition coefficient (Wildman–Crippen LogP) is 2.82. The van der Waals surface area contributed by atoms with Crippen molar-refractivity contribution < 1.29 is 27.8 Å². The van der Waals surface area contributed by atoms with E-state index < -0.39 is 24.7 Å². The van der Waals surface area contributed by atoms with Gasteiger partial charge in [-0.3, -0.25) is 4.79 Å². The van der Waals surface area contributed by atoms with E-state index in [9.17, 15) is 18.0 Å². The molecule has 0 saturated heterocycles. The van der Waals surface area contributed by atoms with E-state index in [0.717, 1.165) is 0 Å². The molecule has 0 spiro atoms. The van der Waals surface area contributed by atoms with Crippen LogP contribution < -0.4 is 4.74 Å². The molecule has 1 aromatic carbocycles. The molecule has 0 radical (unpaired) electrons. The number of carboxylic acid groups (broad SMARTS) is 1. The topological polar surface area (TPSA) is 46.5 Å². The SMILES string of the molecule is O=C(O)[C@H]1C[C@H]1c1ccccc1OCC(F)(F)F. The lowest BCUT2D eigenvalue weighted by atomic mass is 10.1. The maximum atomic E-state index is 12.1. The number of carboxylic acids is 1. The average Bonchev–Trinajstić information content (AvgIpc) is 3.05. The lowest BCUT2D eigenvalue weighted by Crippen LogP contribution is -2.19. The Labute approximate surface area is 101 Å². The average molecular weight is 260 g/mol. The summed E-state index contributed by atoms with van der Waals surface area (Å²) < 4.78 is 40.9. The van der Waals surface area contributed by atoms with Crippen molar-refractivity contribution in [3.63, 3.8) is 0 Å². The fourth-order valence-electron chi connectivity index (χ4n) is 1.89. The quantitative estimate of drug-likeness (QED) is 0.905. The van der Waals surface area contributed by atoms with Crippen molar-refractivity contribution in [1.29, 1.82) is 0 Å². The van der Waals surface area contributed by atoms with E-state index in [1.165, 1.54) is 6.07 Å². The van der Waals surface area contributed by atoms with Crippen LogP contribution in [0.1, 0.15) is 17.9 Å². The lowest BCUT2D eigenvalue weighted by Gasteiger charge is -2.12. The molecule has 0 amide bonds. The molecule has 1 aliphatic carbocycles. The number of para-hydroxylation sites is 1. The molecule has 1 aliphatic rings. The zero-order chi connectivity index (χ0) is 13.3. The number of aliphatic carboxylic acids is 1. The number of benzene rings is 1. The lowest BCUT2D eigenvalue weighted by molar-refractivity contribution is -0.153. The van der Waals surface area contributed by atoms with Gasteiger partial charge in [-0.2, -0.15) is 13.2 Å². The number of hydrogen-bond donors (Lipinski definition) is 1. The molecule has 2 atom stereocenters. The number of halogens is 3. The second kappa shape index (κ2) is 4.51. The third-order valence-corrected chi connectivity index (χ3v) is 2.82. The van der Waals surface area contributed by atoms with Crippen molar-refractivity contribution >= 4 is 5.97 Å². The minimum absolute atomic E-state index is 0.114. The van der Waals surface area contributed by atoms with E-state index in [-0.39, 0.29) is 11.7 Å². The van der Waals surface area contributed by atoms with Crippen molar-refractivity contribution in [2.45, 2.75) is 18.5 Å². The van der Waals surface area contributed by atoms with Gasteiger partial charge in [-0.05, 0) is 18.1 Å². The van der Waals surface area contributed by atoms with Crippen LogP contribution in [0.3, 0.4) is 0 Å². The fourth-order valence-corrected chi connectivity index (χ4v) is 1.89. The van der Waals surface area contributed by atoms with Crippen LogP contribution in [0.15, 0.2) is 24.3 Å². The van der Waals surface area contributed by atoms with Gasteiger partial charge in [0.05, 0.1) is 5.92 Å². The van der Waals surface area contributed by atoms with Gasteiger partial charge in [0, 0.05) is 5.92 Å². The zero-order valence-corrected chi connectivity index (χ0v) is 9.28. The predicted molar refractivity (Wildman–Crippen MR) is 56.5 cm³/mol. The maximum Gasteiger partial charge on any atom is 0.422 e. The van der Waals surface area contributed by atoms with E-state index >= 15 is 0 Å². The van der Waals surface area contributed by atoms with Crippen molar-refractivity contribution in [1.82, 2.24) is 0 Å². The van der Waals surface area contributed by atoms with E-state index in [0.29, 0.717) is 12.0 Å². The third-order valence-electron chi connectivity index (χ3n) is 2.82. The molecule has 1 aromatic rings. The molecule has 18 heavy (non-hydrogen) atoms. The highest BCUT2D eigenvalue weighted by molar-refractivity contribution is 5.75. The smallest absolute Gasteiger partial charge is 0.422 e. The second-order valence-electron chi connectivity index (χ2n) is 4.23. The summed E-state index contributed by atoms with van der Waals surface area (Å²) in [4.78, 5) is 10.8. The summed E-state index contributed by atoms with van der Waals surface area (Å²) in [5.41, 5.74) is 0.536. The Hall–Kier alpha value is -1.72. The second-order valence-corrected chi connectivity index (χ2v) is 4.23. The molecule has 0 aliphatic heterocycles. The van der Waals surface area contributed by atoms with Crippen LogP contribution in [0.25, 0.3) is 0 Å². The maximum absolute atomic E-state index is 12.1. The molecule has 1 saturated carbocycles. The van der Waals surface area contributed by atoms with Crippen LogP contribution in [-0.4, -0.2) is 23.9 Å². The summed E-state index contributed by atoms with van der Waals surface area (Å²) in [6.45, 7) is -1.37. The minimum atomic E-state index is -4.40. The van der Waals surface area contributed by atoms with Gasteiger partial charge in [-0.15, -0.1) is 0 Å². The standard InChI is InChI=1S/C12H11F3O3/c13-12(14,15)6-18-10-4-2-1-3-7(10)8-5-9(8)11(16)17/h1-4,8-9H,5-6H2,(H,16,17)/t8-,9-/m0/s1. The Bertz CT molecular complexity index is 456. The molecular formula is C12H11F3O3.